The highest BCUT2D eigenvalue weighted by Crippen LogP contribution is 2.39. The van der Waals surface area contributed by atoms with Crippen LogP contribution in [-0.4, -0.2) is 27.9 Å². The number of aromatic nitrogens is 1. The Bertz CT molecular complexity index is 824. The molecule has 0 spiro atoms. The number of sulfone groups is 2. The molecule has 0 saturated heterocycles. The van der Waals surface area contributed by atoms with Crippen LogP contribution >= 0.6 is 0 Å². The van der Waals surface area contributed by atoms with E-state index in [2.05, 4.69) is 0 Å². The molecule has 0 aliphatic rings. The maximum Gasteiger partial charge on any atom is 0.502 e. The number of alkyl halides is 6. The smallest absolute Gasteiger partial charge is 0.214 e. The van der Waals surface area contributed by atoms with Crippen molar-refractivity contribution in [3.63, 3.8) is 0 Å². The molecule has 0 unspecified atom stereocenters. The van der Waals surface area contributed by atoms with Crippen LogP contribution < -0.4 is 4.57 Å². The lowest BCUT2D eigenvalue weighted by Gasteiger charge is -2.15. The van der Waals surface area contributed by atoms with Gasteiger partial charge in [-0.25, -0.2) is 21.4 Å². The van der Waals surface area contributed by atoms with Gasteiger partial charge in [-0.05, 0) is 6.92 Å². The van der Waals surface area contributed by atoms with Crippen molar-refractivity contribution in [3.8, 4) is 0 Å². The number of hydrogen-bond acceptors (Lipinski definition) is 4. The molecule has 0 aliphatic carbocycles. The fourth-order valence-electron chi connectivity index (χ4n) is 1.78. The lowest BCUT2D eigenvalue weighted by molar-refractivity contribution is -0.701. The molecule has 5 nitrogen and oxygen atoms in total. The molecule has 0 fully saturated rings. The third kappa shape index (κ3) is 3.16. The van der Waals surface area contributed by atoms with E-state index >= 15 is 0 Å². The zero-order valence-electron chi connectivity index (χ0n) is 11.5. The van der Waals surface area contributed by atoms with E-state index < -0.39 is 46.2 Å². The molecule has 0 aromatic carbocycles. The van der Waals surface area contributed by atoms with Gasteiger partial charge in [0, 0.05) is 13.0 Å². The van der Waals surface area contributed by atoms with E-state index in [9.17, 15) is 43.2 Å². The summed E-state index contributed by atoms with van der Waals surface area (Å²) in [5, 5.41) is 0. The zero-order chi connectivity index (χ0) is 18.4. The van der Waals surface area contributed by atoms with E-state index in [1.807, 2.05) is 0 Å². The molecule has 1 aromatic heterocycles. The SMILES string of the molecule is CC[n+]1ccc(S(=O)(=O)C(F)(F)F)c(S(=O)(=O)C(F)(F)F)c1C. The number of nitrogens with zero attached hydrogens (tertiary/aromatic N) is 1. The van der Waals surface area contributed by atoms with Gasteiger partial charge in [0.15, 0.2) is 16.8 Å². The van der Waals surface area contributed by atoms with Crippen molar-refractivity contribution < 1.29 is 47.7 Å². The highest BCUT2D eigenvalue weighted by molar-refractivity contribution is 7.95. The van der Waals surface area contributed by atoms with Crippen LogP contribution in [0.25, 0.3) is 0 Å². The quantitative estimate of drug-likeness (QED) is 0.588. The summed E-state index contributed by atoms with van der Waals surface area (Å²) in [4.78, 5) is -3.88. The van der Waals surface area contributed by atoms with Gasteiger partial charge in [0.2, 0.25) is 0 Å². The topological polar surface area (TPSA) is 72.2 Å². The lowest BCUT2D eigenvalue weighted by atomic mass is 10.3. The molecule has 1 rings (SSSR count). The number of aryl methyl sites for hydroxylation is 1. The minimum absolute atomic E-state index is 0.0848. The van der Waals surface area contributed by atoms with Crippen molar-refractivity contribution in [3.05, 3.63) is 18.0 Å². The Hall–Kier alpha value is -1.37. The number of pyridine rings is 1. The van der Waals surface area contributed by atoms with E-state index in [4.69, 9.17) is 0 Å². The molecule has 0 atom stereocenters. The Morgan fingerprint density at radius 2 is 1.39 bits per heavy atom. The van der Waals surface area contributed by atoms with E-state index in [1.54, 1.807) is 0 Å². The van der Waals surface area contributed by atoms with Gasteiger partial charge >= 0.3 is 11.0 Å². The number of rotatable bonds is 3. The van der Waals surface area contributed by atoms with E-state index in [0.717, 1.165) is 17.7 Å². The second kappa shape index (κ2) is 5.61. The highest BCUT2D eigenvalue weighted by atomic mass is 32.2. The second-order valence-corrected chi connectivity index (χ2v) is 8.07. The summed E-state index contributed by atoms with van der Waals surface area (Å²) in [7, 11) is -12.6. The van der Waals surface area contributed by atoms with Crippen LogP contribution in [0.5, 0.6) is 0 Å². The molecular formula is C10H10F6NO4S2+. The van der Waals surface area contributed by atoms with Crippen LogP contribution in [0, 0.1) is 6.92 Å². The number of hydrogen-bond donors (Lipinski definition) is 0. The fraction of sp³-hybridized carbons (Fsp3) is 0.500. The average molecular weight is 386 g/mol. The Kier molecular flexibility index (Phi) is 4.80. The largest absolute Gasteiger partial charge is 0.502 e. The minimum atomic E-state index is -6.31. The third-order valence-electron chi connectivity index (χ3n) is 2.90. The summed E-state index contributed by atoms with van der Waals surface area (Å²) >= 11 is 0. The molecule has 132 valence electrons. The van der Waals surface area contributed by atoms with Crippen molar-refractivity contribution in [2.75, 3.05) is 0 Å². The predicted octanol–water partition coefficient (Wildman–Crippen LogP) is 1.89. The molecule has 0 bridgehead atoms. The van der Waals surface area contributed by atoms with Gasteiger partial charge in [-0.1, -0.05) is 0 Å². The second-order valence-electron chi connectivity index (χ2n) is 4.28. The Morgan fingerprint density at radius 3 is 1.74 bits per heavy atom. The maximum atomic E-state index is 12.7. The maximum absolute atomic E-state index is 12.7. The van der Waals surface area contributed by atoms with Crippen LogP contribution in [0.3, 0.4) is 0 Å². The molecule has 1 heterocycles. The number of halogens is 6. The Morgan fingerprint density at radius 1 is 0.957 bits per heavy atom. The van der Waals surface area contributed by atoms with Crippen molar-refractivity contribution in [2.24, 2.45) is 0 Å². The van der Waals surface area contributed by atoms with Crippen molar-refractivity contribution in [2.45, 2.75) is 41.2 Å². The van der Waals surface area contributed by atoms with Gasteiger partial charge in [-0.15, -0.1) is 0 Å². The molecule has 0 aliphatic heterocycles. The lowest BCUT2D eigenvalue weighted by Crippen LogP contribution is -2.40. The summed E-state index contributed by atoms with van der Waals surface area (Å²) in [6, 6.07) is 0.192. The van der Waals surface area contributed by atoms with Crippen LogP contribution in [-0.2, 0) is 26.2 Å². The van der Waals surface area contributed by atoms with Gasteiger partial charge in [0.1, 0.15) is 11.4 Å². The first kappa shape index (κ1) is 19.7. The molecule has 13 heteroatoms. The summed E-state index contributed by atoms with van der Waals surface area (Å²) in [5.74, 6) is 0. The first-order valence-corrected chi connectivity index (χ1v) is 8.71. The van der Waals surface area contributed by atoms with Crippen LogP contribution in [0.1, 0.15) is 12.6 Å². The fourth-order valence-corrected chi connectivity index (χ4v) is 4.39. The van der Waals surface area contributed by atoms with Crippen molar-refractivity contribution in [1.29, 1.82) is 0 Å². The van der Waals surface area contributed by atoms with Gasteiger partial charge in [-0.3, -0.25) is 0 Å². The summed E-state index contributed by atoms with van der Waals surface area (Å²) in [5.41, 5.74) is -12.7. The molecule has 1 aromatic rings. The Labute approximate surface area is 127 Å². The third-order valence-corrected chi connectivity index (χ3v) is 6.22. The van der Waals surface area contributed by atoms with Crippen LogP contribution in [0.4, 0.5) is 26.3 Å². The molecule has 23 heavy (non-hydrogen) atoms. The average Bonchev–Trinajstić information content (AvgIpc) is 2.35. The summed E-state index contributed by atoms with van der Waals surface area (Å²) in [6.45, 7) is 2.09. The van der Waals surface area contributed by atoms with Crippen LogP contribution in [0.15, 0.2) is 22.1 Å². The molecule has 0 N–H and O–H groups in total. The zero-order valence-corrected chi connectivity index (χ0v) is 13.2. The molecular weight excluding hydrogens is 376 g/mol. The molecule has 0 amide bonds. The standard InChI is InChI=1S/C10H10F6NO4S2/c1-3-17-5-4-7(22(18,19)9(11,12)13)8(6(17)2)23(20,21)10(14,15)16/h4-5H,3H2,1-2H3/q+1. The monoisotopic (exact) mass is 386 g/mol. The molecule has 0 saturated carbocycles. The van der Waals surface area contributed by atoms with Gasteiger partial charge in [0.25, 0.3) is 19.7 Å². The van der Waals surface area contributed by atoms with Crippen molar-refractivity contribution in [1.82, 2.24) is 0 Å². The first-order valence-electron chi connectivity index (χ1n) is 5.74. The van der Waals surface area contributed by atoms with E-state index in [-0.39, 0.29) is 12.6 Å². The predicted molar refractivity (Wildman–Crippen MR) is 63.5 cm³/mol. The van der Waals surface area contributed by atoms with Gasteiger partial charge in [0.05, 0.1) is 0 Å². The first-order chi connectivity index (χ1) is 10.1. The molecule has 0 radical (unpaired) electrons. The van der Waals surface area contributed by atoms with E-state index in [0.29, 0.717) is 0 Å². The normalized spacial score (nSPS) is 14.1. The highest BCUT2D eigenvalue weighted by Gasteiger charge is 2.56. The summed E-state index contributed by atoms with van der Waals surface area (Å²) in [6.07, 6.45) is 0.767. The van der Waals surface area contributed by atoms with Crippen molar-refractivity contribution >= 4 is 19.7 Å². The van der Waals surface area contributed by atoms with Gasteiger partial charge < -0.3 is 0 Å². The van der Waals surface area contributed by atoms with Crippen LogP contribution in [0.2, 0.25) is 0 Å². The summed E-state index contributed by atoms with van der Waals surface area (Å²) < 4.78 is 123. The Balaban J connectivity index is 4.03. The minimum Gasteiger partial charge on any atom is -0.214 e. The van der Waals surface area contributed by atoms with E-state index in [1.165, 1.54) is 6.92 Å². The van der Waals surface area contributed by atoms with Gasteiger partial charge in [-0.2, -0.15) is 26.3 Å².